The minimum absolute atomic E-state index is 1.09. The molecule has 37 heavy (non-hydrogen) atoms. The molecule has 0 fully saturated rings. The molecule has 7 rings (SSSR count). The van der Waals surface area contributed by atoms with Crippen molar-refractivity contribution >= 4 is 43.3 Å². The molecule has 0 saturated heterocycles. The molecule has 1 aromatic heterocycles. The first-order valence-corrected chi connectivity index (χ1v) is 14.9. The van der Waals surface area contributed by atoms with E-state index in [4.69, 9.17) is 0 Å². The highest BCUT2D eigenvalue weighted by Gasteiger charge is 2.29. The zero-order valence-electron chi connectivity index (χ0n) is 21.0. The number of hydrogen-bond acceptors (Lipinski definition) is 2. The molecule has 2 heterocycles. The summed E-state index contributed by atoms with van der Waals surface area (Å²) in [7, 11) is 0. The molecule has 0 spiro atoms. The van der Waals surface area contributed by atoms with E-state index in [0.29, 0.717) is 0 Å². The SMILES string of the molecule is CCCCCc1c2c(c3c(sc4ccccc43)c1-c1ccccc1)-c1ccccc1Sc1ccccc1-2. The van der Waals surface area contributed by atoms with Gasteiger partial charge in [-0.05, 0) is 58.9 Å². The highest BCUT2D eigenvalue weighted by atomic mass is 32.2. The van der Waals surface area contributed by atoms with E-state index in [1.54, 1.807) is 0 Å². The first-order valence-electron chi connectivity index (χ1n) is 13.3. The summed E-state index contributed by atoms with van der Waals surface area (Å²) in [6.45, 7) is 2.30. The average Bonchev–Trinajstić information content (AvgIpc) is 3.25. The van der Waals surface area contributed by atoms with Gasteiger partial charge in [-0.2, -0.15) is 0 Å². The van der Waals surface area contributed by atoms with Crippen LogP contribution >= 0.6 is 23.1 Å². The van der Waals surface area contributed by atoms with Crippen LogP contribution in [-0.2, 0) is 6.42 Å². The summed E-state index contributed by atoms with van der Waals surface area (Å²) in [6.07, 6.45) is 4.77. The molecule has 6 aromatic rings. The maximum Gasteiger partial charge on any atom is 0.0443 e. The van der Waals surface area contributed by atoms with Crippen molar-refractivity contribution in [1.29, 1.82) is 0 Å². The fraction of sp³-hybridized carbons (Fsp3) is 0.143. The van der Waals surface area contributed by atoms with Crippen molar-refractivity contribution in [1.82, 2.24) is 0 Å². The van der Waals surface area contributed by atoms with Crippen LogP contribution in [0, 0.1) is 0 Å². The summed E-state index contributed by atoms with van der Waals surface area (Å²) in [6, 6.07) is 38.2. The summed E-state index contributed by atoms with van der Waals surface area (Å²) >= 11 is 3.88. The van der Waals surface area contributed by atoms with Crippen LogP contribution in [0.15, 0.2) is 113 Å². The highest BCUT2D eigenvalue weighted by Crippen LogP contribution is 2.56. The number of rotatable bonds is 5. The van der Waals surface area contributed by atoms with E-state index < -0.39 is 0 Å². The van der Waals surface area contributed by atoms with Crippen molar-refractivity contribution in [3.05, 3.63) is 109 Å². The zero-order chi connectivity index (χ0) is 24.8. The Labute approximate surface area is 227 Å². The number of hydrogen-bond donors (Lipinski definition) is 0. The van der Waals surface area contributed by atoms with E-state index in [0.717, 1.165) is 6.42 Å². The highest BCUT2D eigenvalue weighted by molar-refractivity contribution is 7.99. The van der Waals surface area contributed by atoms with Crippen molar-refractivity contribution < 1.29 is 0 Å². The lowest BCUT2D eigenvalue weighted by atomic mass is 9.81. The predicted molar refractivity (Wildman–Crippen MR) is 163 cm³/mol. The largest absolute Gasteiger partial charge is 0.134 e. The fourth-order valence-corrected chi connectivity index (χ4v) is 8.32. The number of benzene rings is 5. The van der Waals surface area contributed by atoms with Gasteiger partial charge in [-0.1, -0.05) is 116 Å². The van der Waals surface area contributed by atoms with E-state index in [1.807, 2.05) is 23.1 Å². The van der Waals surface area contributed by atoms with Crippen LogP contribution in [0.4, 0.5) is 0 Å². The number of fused-ring (bicyclic) bond motifs is 9. The predicted octanol–water partition coefficient (Wildman–Crippen LogP) is 11.3. The minimum Gasteiger partial charge on any atom is -0.134 e. The van der Waals surface area contributed by atoms with Crippen molar-refractivity contribution in [2.24, 2.45) is 0 Å². The van der Waals surface area contributed by atoms with Gasteiger partial charge in [0.15, 0.2) is 0 Å². The molecule has 0 N–H and O–H groups in total. The Morgan fingerprint density at radius 2 is 1.24 bits per heavy atom. The Balaban J connectivity index is 1.74. The second-order valence-corrected chi connectivity index (χ2v) is 12.0. The van der Waals surface area contributed by atoms with E-state index in [2.05, 4.69) is 110 Å². The molecule has 0 nitrogen and oxygen atoms in total. The van der Waals surface area contributed by atoms with Crippen LogP contribution in [-0.4, -0.2) is 0 Å². The lowest BCUT2D eigenvalue weighted by Gasteiger charge is -2.22. The molecule has 0 atom stereocenters. The van der Waals surface area contributed by atoms with Crippen LogP contribution in [0.25, 0.3) is 53.6 Å². The molecule has 0 amide bonds. The monoisotopic (exact) mass is 512 g/mol. The molecule has 180 valence electrons. The van der Waals surface area contributed by atoms with Gasteiger partial charge in [0, 0.05) is 41.1 Å². The third kappa shape index (κ3) is 3.74. The van der Waals surface area contributed by atoms with Gasteiger partial charge < -0.3 is 0 Å². The van der Waals surface area contributed by atoms with Gasteiger partial charge >= 0.3 is 0 Å². The Morgan fingerprint density at radius 3 is 2.00 bits per heavy atom. The van der Waals surface area contributed by atoms with Gasteiger partial charge in [-0.3, -0.25) is 0 Å². The molecule has 5 aromatic carbocycles. The quantitative estimate of drug-likeness (QED) is 0.207. The second kappa shape index (κ2) is 9.52. The van der Waals surface area contributed by atoms with E-state index in [1.165, 1.54) is 88.2 Å². The summed E-state index contributed by atoms with van der Waals surface area (Å²) < 4.78 is 2.79. The topological polar surface area (TPSA) is 0 Å². The van der Waals surface area contributed by atoms with Crippen molar-refractivity contribution in [2.75, 3.05) is 0 Å². The Bertz CT molecular complexity index is 1760. The van der Waals surface area contributed by atoms with Crippen LogP contribution < -0.4 is 0 Å². The molecule has 1 aliphatic rings. The van der Waals surface area contributed by atoms with Gasteiger partial charge in [-0.25, -0.2) is 0 Å². The van der Waals surface area contributed by atoms with E-state index >= 15 is 0 Å². The Morgan fingerprint density at radius 1 is 0.595 bits per heavy atom. The first kappa shape index (κ1) is 22.8. The first-order chi connectivity index (χ1) is 18.3. The number of unbranched alkanes of at least 4 members (excludes halogenated alkanes) is 2. The Kier molecular flexibility index (Phi) is 5.88. The second-order valence-electron chi connectivity index (χ2n) is 9.82. The van der Waals surface area contributed by atoms with Gasteiger partial charge in [0.05, 0.1) is 0 Å². The molecule has 0 bridgehead atoms. The third-order valence-corrected chi connectivity index (χ3v) is 9.89. The normalized spacial score (nSPS) is 12.2. The smallest absolute Gasteiger partial charge is 0.0443 e. The van der Waals surface area contributed by atoms with E-state index in [9.17, 15) is 0 Å². The molecule has 2 heteroatoms. The Hall–Kier alpha value is -3.33. The van der Waals surface area contributed by atoms with Crippen LogP contribution in [0.3, 0.4) is 0 Å². The molecule has 0 aliphatic carbocycles. The molecular weight excluding hydrogens is 485 g/mol. The van der Waals surface area contributed by atoms with Gasteiger partial charge in [0.2, 0.25) is 0 Å². The van der Waals surface area contributed by atoms with Crippen molar-refractivity contribution in [3.63, 3.8) is 0 Å². The maximum absolute atomic E-state index is 2.35. The molecule has 1 aliphatic heterocycles. The lowest BCUT2D eigenvalue weighted by molar-refractivity contribution is 0.719. The lowest BCUT2D eigenvalue weighted by Crippen LogP contribution is -1.99. The zero-order valence-corrected chi connectivity index (χ0v) is 22.6. The molecule has 0 radical (unpaired) electrons. The fourth-order valence-electron chi connectivity index (χ4n) is 5.93. The minimum atomic E-state index is 1.09. The summed E-state index contributed by atoms with van der Waals surface area (Å²) in [5.41, 5.74) is 9.88. The molecule has 0 unspecified atom stereocenters. The van der Waals surface area contributed by atoms with Crippen LogP contribution in [0.2, 0.25) is 0 Å². The van der Waals surface area contributed by atoms with Crippen LogP contribution in [0.5, 0.6) is 0 Å². The summed E-state index contributed by atoms with van der Waals surface area (Å²) in [4.78, 5) is 2.69. The summed E-state index contributed by atoms with van der Waals surface area (Å²) in [5, 5.41) is 2.79. The maximum atomic E-state index is 2.35. The van der Waals surface area contributed by atoms with Crippen molar-refractivity contribution in [2.45, 2.75) is 42.4 Å². The third-order valence-electron chi connectivity index (χ3n) is 7.55. The average molecular weight is 513 g/mol. The van der Waals surface area contributed by atoms with Gasteiger partial charge in [0.1, 0.15) is 0 Å². The van der Waals surface area contributed by atoms with Crippen molar-refractivity contribution in [3.8, 4) is 33.4 Å². The van der Waals surface area contributed by atoms with Gasteiger partial charge in [0.25, 0.3) is 0 Å². The standard InChI is InChI=1S/C35H28S2/c1-2-3-5-19-27-31(23-14-6-4-7-15-23)35-34(26-18-10-13-22-30(26)37-35)33-25-17-9-12-21-29(25)36-28-20-11-8-16-24(28)32(27)33/h4,6-18,20-22H,2-3,5,19H2,1H3. The molecular formula is C35H28S2. The number of thiophene rings is 1. The van der Waals surface area contributed by atoms with Crippen LogP contribution in [0.1, 0.15) is 31.7 Å². The summed E-state index contributed by atoms with van der Waals surface area (Å²) in [5.74, 6) is 0. The van der Waals surface area contributed by atoms with E-state index in [-0.39, 0.29) is 0 Å². The van der Waals surface area contributed by atoms with Gasteiger partial charge in [-0.15, -0.1) is 11.3 Å². The molecule has 0 saturated carbocycles.